The third kappa shape index (κ3) is 4.30. The van der Waals surface area contributed by atoms with Gasteiger partial charge in [0, 0.05) is 37.4 Å². The van der Waals surface area contributed by atoms with Crippen LogP contribution in [0.4, 0.5) is 0 Å². The number of benzene rings is 1. The molecular formula is C20H24BN3O4. The van der Waals surface area contributed by atoms with Crippen molar-refractivity contribution < 1.29 is 19.3 Å². The lowest BCUT2D eigenvalue weighted by Crippen LogP contribution is -2.36. The van der Waals surface area contributed by atoms with E-state index in [0.29, 0.717) is 35.7 Å². The molecule has 3 rings (SSSR count). The number of ketones is 2. The van der Waals surface area contributed by atoms with E-state index < -0.39 is 7.12 Å². The molecule has 0 unspecified atom stereocenters. The van der Waals surface area contributed by atoms with Crippen LogP contribution in [0.5, 0.6) is 5.75 Å². The molecule has 8 heteroatoms. The van der Waals surface area contributed by atoms with Crippen molar-refractivity contribution in [2.24, 2.45) is 11.5 Å². The molecule has 0 bridgehead atoms. The third-order valence-corrected chi connectivity index (χ3v) is 5.01. The van der Waals surface area contributed by atoms with Gasteiger partial charge in [0.15, 0.2) is 5.78 Å². The second-order valence-corrected chi connectivity index (χ2v) is 7.06. The van der Waals surface area contributed by atoms with Gasteiger partial charge >= 0.3 is 7.12 Å². The van der Waals surface area contributed by atoms with Gasteiger partial charge < -0.3 is 21.1 Å². The molecule has 0 saturated carbocycles. The number of nitrogens with zero attached hydrogens (tertiary/aromatic N) is 1. The van der Waals surface area contributed by atoms with Gasteiger partial charge in [0.05, 0.1) is 11.3 Å². The van der Waals surface area contributed by atoms with Gasteiger partial charge in [-0.1, -0.05) is 18.2 Å². The number of Topliss-reactive ketones (excluding diaryl/α,β-unsaturated/α-hetero) is 2. The number of para-hydroxylation sites is 1. The monoisotopic (exact) mass is 381 g/mol. The standard InChI is InChI=1S/C20H24BN3O4/c1-12(25)18-4-2-3-13-7-15(21(27)28-20(13)18)8-17(26)9-16-6-5-14(10-22)19(11-23)24-16/h2-6,15,27H,7-11,22-23H2,1H3/t15-/m1/s1. The van der Waals surface area contributed by atoms with Crippen molar-refractivity contribution in [2.75, 3.05) is 0 Å². The van der Waals surface area contributed by atoms with Crippen LogP contribution < -0.4 is 16.1 Å². The van der Waals surface area contributed by atoms with E-state index in [2.05, 4.69) is 4.98 Å². The van der Waals surface area contributed by atoms with Crippen LogP contribution in [0.2, 0.25) is 5.82 Å². The highest BCUT2D eigenvalue weighted by molar-refractivity contribution is 6.47. The molecule has 28 heavy (non-hydrogen) atoms. The fourth-order valence-corrected chi connectivity index (χ4v) is 3.54. The van der Waals surface area contributed by atoms with Crippen molar-refractivity contribution in [3.8, 4) is 5.75 Å². The lowest BCUT2D eigenvalue weighted by molar-refractivity contribution is -0.118. The van der Waals surface area contributed by atoms with E-state index >= 15 is 0 Å². The fraction of sp³-hybridized carbons (Fsp3) is 0.350. The first kappa shape index (κ1) is 20.2. The molecule has 1 aliphatic heterocycles. The SMILES string of the molecule is CC(=O)c1cccc2c1OB(O)[C@@H](CC(=O)Cc1ccc(CN)c(CN)n1)C2. The molecule has 0 spiro atoms. The molecule has 0 fully saturated rings. The minimum Gasteiger partial charge on any atom is -0.535 e. The van der Waals surface area contributed by atoms with E-state index in [1.807, 2.05) is 12.1 Å². The van der Waals surface area contributed by atoms with Gasteiger partial charge in [-0.2, -0.15) is 0 Å². The Morgan fingerprint density at radius 2 is 2.04 bits per heavy atom. The van der Waals surface area contributed by atoms with E-state index in [1.165, 1.54) is 6.92 Å². The van der Waals surface area contributed by atoms with Crippen LogP contribution in [0, 0.1) is 0 Å². The van der Waals surface area contributed by atoms with Crippen molar-refractivity contribution in [1.82, 2.24) is 4.98 Å². The molecule has 1 aliphatic rings. The minimum absolute atomic E-state index is 0.0465. The number of aromatic nitrogens is 1. The summed E-state index contributed by atoms with van der Waals surface area (Å²) in [4.78, 5) is 28.7. The summed E-state index contributed by atoms with van der Waals surface area (Å²) in [5, 5.41) is 10.4. The lowest BCUT2D eigenvalue weighted by atomic mass is 9.64. The number of nitrogens with two attached hydrogens (primary N) is 2. The first-order chi connectivity index (χ1) is 13.4. The number of hydrogen-bond donors (Lipinski definition) is 3. The highest BCUT2D eigenvalue weighted by Gasteiger charge is 2.37. The first-order valence-corrected chi connectivity index (χ1v) is 9.30. The number of carbonyl (C=O) groups excluding carboxylic acids is 2. The van der Waals surface area contributed by atoms with Gasteiger partial charge in [0.25, 0.3) is 0 Å². The number of rotatable bonds is 7. The average Bonchev–Trinajstić information content (AvgIpc) is 2.67. The number of hydrogen-bond acceptors (Lipinski definition) is 7. The zero-order chi connectivity index (χ0) is 20.3. The zero-order valence-electron chi connectivity index (χ0n) is 15.9. The van der Waals surface area contributed by atoms with Crippen molar-refractivity contribution in [3.05, 3.63) is 58.4 Å². The van der Waals surface area contributed by atoms with Crippen LogP contribution in [0.1, 0.15) is 46.2 Å². The summed E-state index contributed by atoms with van der Waals surface area (Å²) < 4.78 is 5.59. The maximum atomic E-state index is 12.6. The molecule has 146 valence electrons. The predicted octanol–water partition coefficient (Wildman–Crippen LogP) is 1.19. The van der Waals surface area contributed by atoms with Crippen LogP contribution in [-0.4, -0.2) is 28.7 Å². The molecule has 0 saturated heterocycles. The first-order valence-electron chi connectivity index (χ1n) is 9.30. The molecule has 1 aromatic heterocycles. The van der Waals surface area contributed by atoms with Crippen molar-refractivity contribution in [2.45, 2.75) is 45.1 Å². The van der Waals surface area contributed by atoms with E-state index in [0.717, 1.165) is 11.1 Å². The van der Waals surface area contributed by atoms with Gasteiger partial charge in [-0.15, -0.1) is 0 Å². The molecule has 0 radical (unpaired) electrons. The smallest absolute Gasteiger partial charge is 0.526 e. The van der Waals surface area contributed by atoms with Crippen LogP contribution in [0.3, 0.4) is 0 Å². The zero-order valence-corrected chi connectivity index (χ0v) is 15.9. The van der Waals surface area contributed by atoms with Crippen LogP contribution in [0.15, 0.2) is 30.3 Å². The number of pyridine rings is 1. The van der Waals surface area contributed by atoms with Gasteiger partial charge in [0.1, 0.15) is 11.5 Å². The largest absolute Gasteiger partial charge is 0.535 e. The van der Waals surface area contributed by atoms with Crippen molar-refractivity contribution >= 4 is 18.7 Å². The fourth-order valence-electron chi connectivity index (χ4n) is 3.54. The Morgan fingerprint density at radius 1 is 1.25 bits per heavy atom. The van der Waals surface area contributed by atoms with Crippen molar-refractivity contribution in [3.63, 3.8) is 0 Å². The highest BCUT2D eigenvalue weighted by Crippen LogP contribution is 2.36. The summed E-state index contributed by atoms with van der Waals surface area (Å²) in [7, 11) is -1.14. The van der Waals surface area contributed by atoms with E-state index in [9.17, 15) is 14.6 Å². The molecule has 2 heterocycles. The van der Waals surface area contributed by atoms with Gasteiger partial charge in [-0.3, -0.25) is 14.6 Å². The molecule has 7 nitrogen and oxygen atoms in total. The Kier molecular flexibility index (Phi) is 6.23. The van der Waals surface area contributed by atoms with E-state index in [4.69, 9.17) is 16.1 Å². The summed E-state index contributed by atoms with van der Waals surface area (Å²) in [6.07, 6.45) is 0.779. The van der Waals surface area contributed by atoms with Gasteiger partial charge in [-0.25, -0.2) is 0 Å². The van der Waals surface area contributed by atoms with E-state index in [-0.39, 0.29) is 36.8 Å². The Bertz CT molecular complexity index is 903. The van der Waals surface area contributed by atoms with Crippen molar-refractivity contribution in [1.29, 1.82) is 0 Å². The Balaban J connectivity index is 1.70. The highest BCUT2D eigenvalue weighted by atomic mass is 16.5. The molecule has 2 aromatic rings. The second kappa shape index (κ2) is 8.64. The van der Waals surface area contributed by atoms with E-state index in [1.54, 1.807) is 18.2 Å². The molecule has 0 amide bonds. The molecule has 1 atom stereocenters. The van der Waals surface area contributed by atoms with Crippen LogP contribution in [-0.2, 0) is 30.7 Å². The normalized spacial score (nSPS) is 15.7. The summed E-state index contributed by atoms with van der Waals surface area (Å²) in [6.45, 7) is 2.07. The summed E-state index contributed by atoms with van der Waals surface area (Å²) in [6, 6.07) is 8.93. The minimum atomic E-state index is -1.14. The third-order valence-electron chi connectivity index (χ3n) is 5.01. The average molecular weight is 381 g/mol. The van der Waals surface area contributed by atoms with Crippen LogP contribution in [0.25, 0.3) is 0 Å². The second-order valence-electron chi connectivity index (χ2n) is 7.06. The summed E-state index contributed by atoms with van der Waals surface area (Å²) in [5.74, 6) is -0.131. The quantitative estimate of drug-likeness (QED) is 0.485. The Morgan fingerprint density at radius 3 is 2.71 bits per heavy atom. The molecule has 0 aliphatic carbocycles. The molecule has 5 N–H and O–H groups in total. The predicted molar refractivity (Wildman–Crippen MR) is 106 cm³/mol. The maximum absolute atomic E-state index is 12.6. The summed E-state index contributed by atoms with van der Waals surface area (Å²) in [5.41, 5.74) is 14.8. The lowest BCUT2D eigenvalue weighted by Gasteiger charge is -2.28. The maximum Gasteiger partial charge on any atom is 0.526 e. The molecule has 1 aromatic carbocycles. The molecular weight excluding hydrogens is 357 g/mol. The van der Waals surface area contributed by atoms with Gasteiger partial charge in [0.2, 0.25) is 0 Å². The number of carbonyl (C=O) groups is 2. The summed E-state index contributed by atoms with van der Waals surface area (Å²) >= 11 is 0. The number of fused-ring (bicyclic) bond motifs is 1. The van der Waals surface area contributed by atoms with Gasteiger partial charge in [-0.05, 0) is 36.6 Å². The topological polar surface area (TPSA) is 129 Å². The Hall–Kier alpha value is -2.55. The van der Waals surface area contributed by atoms with Crippen LogP contribution >= 0.6 is 0 Å². The Labute approximate surface area is 164 Å².